The van der Waals surface area contributed by atoms with Crippen LogP contribution >= 0.6 is 11.8 Å². The van der Waals surface area contributed by atoms with Crippen molar-refractivity contribution in [3.05, 3.63) is 167 Å². The molecule has 0 heterocycles. The second kappa shape index (κ2) is 14.3. The number of nitrogens with one attached hydrogen (secondary N) is 2. The molecule has 5 aromatic rings. The summed E-state index contributed by atoms with van der Waals surface area (Å²) in [4.78, 5) is 25.2. The van der Waals surface area contributed by atoms with E-state index in [4.69, 9.17) is 4.74 Å². The van der Waals surface area contributed by atoms with Crippen molar-refractivity contribution in [2.24, 2.45) is 0 Å². The second-order valence-corrected chi connectivity index (χ2v) is 12.3. The predicted octanol–water partition coefficient (Wildman–Crippen LogP) is 7.76. The number of benzene rings is 5. The lowest BCUT2D eigenvalue weighted by molar-refractivity contribution is -0.120. The number of ether oxygens (including phenoxy) is 1. The standard InChI is InChI=1S/C39H36N2O3S/c42-37(24-25-41-38(43)44-28-36-34-22-12-10-20-32(34)33-21-11-13-23-35(33)36)40-26-27-45-39(29-14-4-1-5-15-29,30-16-6-2-7-17-30)31-18-8-3-9-19-31/h1-23,36H,24-28H2,(H,40,42)(H,41,43). The summed E-state index contributed by atoms with van der Waals surface area (Å²) in [6.45, 7) is 0.954. The average Bonchev–Trinajstić information content (AvgIpc) is 3.42. The molecule has 0 spiro atoms. The summed E-state index contributed by atoms with van der Waals surface area (Å²) >= 11 is 1.80. The van der Waals surface area contributed by atoms with Crippen molar-refractivity contribution in [1.29, 1.82) is 0 Å². The third kappa shape index (κ3) is 6.66. The van der Waals surface area contributed by atoms with E-state index in [1.807, 2.05) is 42.5 Å². The van der Waals surface area contributed by atoms with Crippen LogP contribution < -0.4 is 10.6 Å². The molecule has 5 aromatic carbocycles. The Morgan fingerprint density at radius 1 is 0.600 bits per heavy atom. The lowest BCUT2D eigenvalue weighted by Crippen LogP contribution is -2.33. The largest absolute Gasteiger partial charge is 0.449 e. The number of thioether (sulfide) groups is 1. The number of fused-ring (bicyclic) bond motifs is 3. The molecule has 0 aliphatic heterocycles. The van der Waals surface area contributed by atoms with Gasteiger partial charge in [-0.2, -0.15) is 0 Å². The van der Waals surface area contributed by atoms with Gasteiger partial charge in [0.05, 0.1) is 4.75 Å². The molecule has 5 nitrogen and oxygen atoms in total. The van der Waals surface area contributed by atoms with Crippen molar-refractivity contribution in [1.82, 2.24) is 10.6 Å². The van der Waals surface area contributed by atoms with Gasteiger partial charge in [-0.1, -0.05) is 140 Å². The minimum Gasteiger partial charge on any atom is -0.449 e. The number of carbonyl (C=O) groups is 2. The van der Waals surface area contributed by atoms with Crippen molar-refractivity contribution in [3.8, 4) is 11.1 Å². The molecule has 0 aromatic heterocycles. The Balaban J connectivity index is 1.00. The fourth-order valence-corrected chi connectivity index (χ4v) is 7.60. The summed E-state index contributed by atoms with van der Waals surface area (Å²) in [5.74, 6) is 0.586. The molecule has 0 radical (unpaired) electrons. The quantitative estimate of drug-likeness (QED) is 0.112. The molecule has 2 amide bonds. The lowest BCUT2D eigenvalue weighted by atomic mass is 9.84. The first kappa shape index (κ1) is 30.2. The fraction of sp³-hybridized carbons (Fsp3) is 0.179. The minimum absolute atomic E-state index is 0.00118. The van der Waals surface area contributed by atoms with E-state index in [-0.39, 0.29) is 31.4 Å². The van der Waals surface area contributed by atoms with E-state index < -0.39 is 10.8 Å². The maximum Gasteiger partial charge on any atom is 0.407 e. The van der Waals surface area contributed by atoms with E-state index >= 15 is 0 Å². The summed E-state index contributed by atoms with van der Waals surface area (Å²) in [6.07, 6.45) is -0.339. The van der Waals surface area contributed by atoms with Gasteiger partial charge in [0, 0.05) is 31.2 Å². The highest BCUT2D eigenvalue weighted by Crippen LogP contribution is 2.48. The van der Waals surface area contributed by atoms with Gasteiger partial charge in [-0.15, -0.1) is 11.8 Å². The van der Waals surface area contributed by atoms with E-state index in [9.17, 15) is 9.59 Å². The molecule has 0 unspecified atom stereocenters. The predicted molar refractivity (Wildman–Crippen MR) is 182 cm³/mol. The van der Waals surface area contributed by atoms with Gasteiger partial charge in [-0.05, 0) is 38.9 Å². The van der Waals surface area contributed by atoms with Crippen molar-refractivity contribution in [2.45, 2.75) is 17.1 Å². The number of hydrogen-bond donors (Lipinski definition) is 2. The molecule has 1 aliphatic carbocycles. The number of rotatable bonds is 12. The zero-order valence-electron chi connectivity index (χ0n) is 25.0. The van der Waals surface area contributed by atoms with Crippen molar-refractivity contribution >= 4 is 23.8 Å². The molecular formula is C39H36N2O3S. The maximum absolute atomic E-state index is 12.7. The molecule has 0 atom stereocenters. The molecule has 0 saturated carbocycles. The SMILES string of the molecule is O=C(CCNC(=O)OCC1c2ccccc2-c2ccccc21)NCCSC(c1ccccc1)(c1ccccc1)c1ccccc1. The Morgan fingerprint density at radius 2 is 1.07 bits per heavy atom. The van der Waals surface area contributed by atoms with Crippen LogP contribution in [0.4, 0.5) is 4.79 Å². The number of carbonyl (C=O) groups excluding carboxylic acids is 2. The lowest BCUT2D eigenvalue weighted by Gasteiger charge is -2.35. The van der Waals surface area contributed by atoms with Crippen molar-refractivity contribution < 1.29 is 14.3 Å². The topological polar surface area (TPSA) is 67.4 Å². The summed E-state index contributed by atoms with van der Waals surface area (Å²) in [6, 6.07) is 48.0. The number of amides is 2. The molecule has 0 saturated heterocycles. The Kier molecular flexibility index (Phi) is 9.61. The normalized spacial score (nSPS) is 12.2. The molecule has 1 aliphatic rings. The molecule has 226 valence electrons. The van der Waals surface area contributed by atoms with E-state index in [1.54, 1.807) is 11.8 Å². The molecule has 0 bridgehead atoms. The smallest absolute Gasteiger partial charge is 0.407 e. The van der Waals surface area contributed by atoms with Gasteiger partial charge >= 0.3 is 6.09 Å². The van der Waals surface area contributed by atoms with E-state index in [0.29, 0.717) is 12.3 Å². The van der Waals surface area contributed by atoms with Crippen molar-refractivity contribution in [2.75, 3.05) is 25.4 Å². The Morgan fingerprint density at radius 3 is 1.58 bits per heavy atom. The van der Waals surface area contributed by atoms with Crippen molar-refractivity contribution in [3.63, 3.8) is 0 Å². The van der Waals surface area contributed by atoms with Crippen LogP contribution in [0.25, 0.3) is 11.1 Å². The highest BCUT2D eigenvalue weighted by atomic mass is 32.2. The Labute approximate surface area is 269 Å². The summed E-state index contributed by atoms with van der Waals surface area (Å²) < 4.78 is 5.17. The van der Waals surface area contributed by atoms with Gasteiger partial charge < -0.3 is 15.4 Å². The molecule has 0 fully saturated rings. The summed E-state index contributed by atoms with van der Waals surface area (Å²) in [7, 11) is 0. The summed E-state index contributed by atoms with van der Waals surface area (Å²) in [5.41, 5.74) is 8.26. The molecule has 2 N–H and O–H groups in total. The average molecular weight is 613 g/mol. The van der Waals surface area contributed by atoms with Crippen LogP contribution in [0.1, 0.15) is 40.2 Å². The first-order valence-corrected chi connectivity index (χ1v) is 16.3. The maximum atomic E-state index is 12.7. The van der Waals surface area contributed by atoms with Crippen LogP contribution in [0.15, 0.2) is 140 Å². The minimum atomic E-state index is -0.515. The van der Waals surface area contributed by atoms with Crippen LogP contribution in [0.3, 0.4) is 0 Å². The molecular weight excluding hydrogens is 577 g/mol. The molecule has 6 rings (SSSR count). The molecule has 45 heavy (non-hydrogen) atoms. The fourth-order valence-electron chi connectivity index (χ4n) is 6.18. The third-order valence-electron chi connectivity index (χ3n) is 8.25. The highest BCUT2D eigenvalue weighted by Gasteiger charge is 2.36. The highest BCUT2D eigenvalue weighted by molar-refractivity contribution is 8.00. The van der Waals surface area contributed by atoms with Crippen LogP contribution in [-0.4, -0.2) is 37.4 Å². The van der Waals surface area contributed by atoms with Crippen LogP contribution in [-0.2, 0) is 14.3 Å². The van der Waals surface area contributed by atoms with Gasteiger partial charge in [-0.25, -0.2) is 4.79 Å². The Hall–Kier alpha value is -4.81. The second-order valence-electron chi connectivity index (χ2n) is 11.0. The third-order valence-corrected chi connectivity index (χ3v) is 9.80. The Bertz CT molecular complexity index is 1590. The molecule has 6 heteroatoms. The zero-order chi connectivity index (χ0) is 30.9. The van der Waals surface area contributed by atoms with Crippen LogP contribution in [0, 0.1) is 0 Å². The van der Waals surface area contributed by atoms with Crippen LogP contribution in [0.2, 0.25) is 0 Å². The monoisotopic (exact) mass is 612 g/mol. The van der Waals surface area contributed by atoms with Gasteiger partial charge in [0.1, 0.15) is 6.61 Å². The van der Waals surface area contributed by atoms with E-state index in [2.05, 4.69) is 108 Å². The van der Waals surface area contributed by atoms with Gasteiger partial charge in [-0.3, -0.25) is 4.79 Å². The first-order chi connectivity index (χ1) is 22.2. The van der Waals surface area contributed by atoms with Gasteiger partial charge in [0.15, 0.2) is 0 Å². The van der Waals surface area contributed by atoms with Crippen LogP contribution in [0.5, 0.6) is 0 Å². The van der Waals surface area contributed by atoms with E-state index in [0.717, 1.165) is 0 Å². The number of hydrogen-bond acceptors (Lipinski definition) is 4. The van der Waals surface area contributed by atoms with E-state index in [1.165, 1.54) is 38.9 Å². The zero-order valence-corrected chi connectivity index (χ0v) is 25.8. The first-order valence-electron chi connectivity index (χ1n) is 15.3. The van der Waals surface area contributed by atoms with Gasteiger partial charge in [0.25, 0.3) is 0 Å². The number of alkyl carbamates (subject to hydrolysis) is 1. The van der Waals surface area contributed by atoms with Gasteiger partial charge in [0.2, 0.25) is 5.91 Å². The summed E-state index contributed by atoms with van der Waals surface area (Å²) in [5, 5.41) is 5.77.